The molecule has 12 heavy (non-hydrogen) atoms. The summed E-state index contributed by atoms with van der Waals surface area (Å²) >= 11 is 0. The van der Waals surface area contributed by atoms with Gasteiger partial charge in [0.1, 0.15) is 6.61 Å². The monoisotopic (exact) mass is 173 g/mol. The van der Waals surface area contributed by atoms with Gasteiger partial charge >= 0.3 is 5.97 Å². The van der Waals surface area contributed by atoms with E-state index in [9.17, 15) is 4.79 Å². The van der Waals surface area contributed by atoms with Gasteiger partial charge in [-0.2, -0.15) is 5.26 Å². The molecular formula is C7H11NO4. The second kappa shape index (κ2) is 12.2. The molecule has 0 aliphatic carbocycles. The van der Waals surface area contributed by atoms with Crippen molar-refractivity contribution in [2.24, 2.45) is 0 Å². The molecule has 0 atom stereocenters. The van der Waals surface area contributed by atoms with Crippen LogP contribution in [0, 0.1) is 11.5 Å². The van der Waals surface area contributed by atoms with E-state index in [1.165, 1.54) is 6.26 Å². The van der Waals surface area contributed by atoms with Crippen LogP contribution in [0.15, 0.2) is 12.7 Å². The molecular weight excluding hydrogens is 162 g/mol. The molecule has 0 aromatic carbocycles. The number of hydrogen-bond donors (Lipinski definition) is 1. The second-order valence-corrected chi connectivity index (χ2v) is 1.47. The molecule has 0 saturated heterocycles. The molecule has 68 valence electrons. The number of nitrogens with zero attached hydrogens (tertiary/aromatic N) is 1. The zero-order chi connectivity index (χ0) is 9.82. The molecule has 0 saturated carbocycles. The van der Waals surface area contributed by atoms with Crippen molar-refractivity contribution in [3.05, 3.63) is 12.7 Å². The highest BCUT2D eigenvalue weighted by Crippen LogP contribution is 1.68. The summed E-state index contributed by atoms with van der Waals surface area (Å²) in [7, 11) is 1.56. The van der Waals surface area contributed by atoms with Crippen molar-refractivity contribution >= 4 is 5.97 Å². The van der Waals surface area contributed by atoms with E-state index in [2.05, 4.69) is 16.1 Å². The van der Waals surface area contributed by atoms with Gasteiger partial charge in [-0.25, -0.2) is 4.79 Å². The van der Waals surface area contributed by atoms with Gasteiger partial charge < -0.3 is 14.6 Å². The zero-order valence-corrected chi connectivity index (χ0v) is 6.82. The van der Waals surface area contributed by atoms with Crippen LogP contribution >= 0.6 is 0 Å². The van der Waals surface area contributed by atoms with Crippen molar-refractivity contribution in [1.82, 2.24) is 0 Å². The van der Waals surface area contributed by atoms with Crippen LogP contribution in [0.2, 0.25) is 0 Å². The summed E-state index contributed by atoms with van der Waals surface area (Å²) in [5, 5.41) is 15.4. The molecule has 0 fully saturated rings. The van der Waals surface area contributed by atoms with E-state index in [4.69, 9.17) is 10.4 Å². The zero-order valence-electron chi connectivity index (χ0n) is 6.82. The van der Waals surface area contributed by atoms with Crippen LogP contribution in [-0.2, 0) is 14.3 Å². The largest absolute Gasteiger partial charge is 0.478 e. The first kappa shape index (κ1) is 13.1. The Bertz CT molecular complexity index is 161. The molecule has 1 N–H and O–H groups in total. The van der Waals surface area contributed by atoms with E-state index in [1.54, 1.807) is 7.11 Å². The number of aliphatic carboxylic acids is 1. The van der Waals surface area contributed by atoms with Gasteiger partial charge in [-0.3, -0.25) is 0 Å². The Morgan fingerprint density at radius 3 is 2.50 bits per heavy atom. The number of carbonyl (C=O) groups is 1. The van der Waals surface area contributed by atoms with Gasteiger partial charge in [-0.05, 0) is 0 Å². The smallest absolute Gasteiger partial charge is 0.327 e. The first-order valence-corrected chi connectivity index (χ1v) is 3.04. The Balaban J connectivity index is 0. The second-order valence-electron chi connectivity index (χ2n) is 1.47. The molecule has 0 rings (SSSR count). The van der Waals surface area contributed by atoms with E-state index < -0.39 is 5.97 Å². The third kappa shape index (κ3) is 23.7. The summed E-state index contributed by atoms with van der Waals surface area (Å²) in [6.07, 6.45) is 2.36. The Hall–Kier alpha value is -1.54. The lowest BCUT2D eigenvalue weighted by Crippen LogP contribution is -1.96. The number of methoxy groups -OCH3 is 1. The molecule has 0 aromatic heterocycles. The molecule has 0 unspecified atom stereocenters. The number of nitriles is 1. The van der Waals surface area contributed by atoms with Crippen LogP contribution in [-0.4, -0.2) is 31.4 Å². The van der Waals surface area contributed by atoms with Crippen molar-refractivity contribution in [2.45, 2.75) is 0 Å². The van der Waals surface area contributed by atoms with Crippen molar-refractivity contribution in [3.8, 4) is 6.26 Å². The molecule has 0 radical (unpaired) electrons. The van der Waals surface area contributed by atoms with Crippen LogP contribution in [0.25, 0.3) is 0 Å². The van der Waals surface area contributed by atoms with E-state index in [1.807, 2.05) is 0 Å². The molecule has 0 spiro atoms. The summed E-state index contributed by atoms with van der Waals surface area (Å²) in [6.45, 7) is 3.79. The number of carboxylic acid groups (broad SMARTS) is 1. The quantitative estimate of drug-likeness (QED) is 0.378. The normalized spacial score (nSPS) is 7.00. The van der Waals surface area contributed by atoms with Crippen LogP contribution in [0.4, 0.5) is 0 Å². The lowest BCUT2D eigenvalue weighted by atomic mass is 10.7. The van der Waals surface area contributed by atoms with Gasteiger partial charge in [0.2, 0.25) is 0 Å². The highest BCUT2D eigenvalue weighted by molar-refractivity contribution is 5.78. The summed E-state index contributed by atoms with van der Waals surface area (Å²) in [6, 6.07) is 0. The Morgan fingerprint density at radius 2 is 2.25 bits per heavy atom. The van der Waals surface area contributed by atoms with Gasteiger partial charge in [0.15, 0.2) is 0 Å². The molecule has 5 heteroatoms. The standard InChI is InChI=1S/C4H7NO2.C3H4O2/c1-6-2-3-7-4-5;1-2-3(4)5/h2-3H2,1H3;2H,1H2,(H,4,5). The highest BCUT2D eigenvalue weighted by Gasteiger charge is 1.77. The van der Waals surface area contributed by atoms with Crippen molar-refractivity contribution in [3.63, 3.8) is 0 Å². The number of rotatable bonds is 4. The third-order valence-electron chi connectivity index (χ3n) is 0.629. The van der Waals surface area contributed by atoms with Crippen LogP contribution in [0.1, 0.15) is 0 Å². The minimum absolute atomic E-state index is 0.354. The molecule has 0 aromatic rings. The van der Waals surface area contributed by atoms with Crippen LogP contribution in [0.3, 0.4) is 0 Å². The Morgan fingerprint density at radius 1 is 1.75 bits per heavy atom. The number of carboxylic acids is 1. The van der Waals surface area contributed by atoms with Gasteiger partial charge in [-0.15, -0.1) is 0 Å². The molecule has 5 nitrogen and oxygen atoms in total. The summed E-state index contributed by atoms with van der Waals surface area (Å²) in [5.74, 6) is -0.981. The maximum Gasteiger partial charge on any atom is 0.327 e. The molecule has 0 aliphatic heterocycles. The van der Waals surface area contributed by atoms with E-state index in [-0.39, 0.29) is 0 Å². The van der Waals surface area contributed by atoms with E-state index in [0.29, 0.717) is 13.2 Å². The van der Waals surface area contributed by atoms with Crippen LogP contribution < -0.4 is 0 Å². The lowest BCUT2D eigenvalue weighted by molar-refractivity contribution is -0.131. The summed E-state index contributed by atoms with van der Waals surface area (Å²) in [4.78, 5) is 9.25. The summed E-state index contributed by atoms with van der Waals surface area (Å²) < 4.78 is 8.82. The predicted molar refractivity (Wildman–Crippen MR) is 41.3 cm³/mol. The lowest BCUT2D eigenvalue weighted by Gasteiger charge is -1.90. The number of hydrogen-bond acceptors (Lipinski definition) is 4. The third-order valence-corrected chi connectivity index (χ3v) is 0.629. The first-order valence-electron chi connectivity index (χ1n) is 3.04. The fourth-order valence-electron chi connectivity index (χ4n) is 0.171. The minimum atomic E-state index is -0.981. The van der Waals surface area contributed by atoms with Gasteiger partial charge in [0.25, 0.3) is 6.26 Å². The SMILES string of the molecule is C=CC(=O)O.COCCOC#N. The molecule has 0 amide bonds. The first-order chi connectivity index (χ1) is 5.68. The fourth-order valence-corrected chi connectivity index (χ4v) is 0.171. The van der Waals surface area contributed by atoms with E-state index >= 15 is 0 Å². The maximum atomic E-state index is 9.25. The van der Waals surface area contributed by atoms with Gasteiger partial charge in [-0.1, -0.05) is 6.58 Å². The topological polar surface area (TPSA) is 79.6 Å². The minimum Gasteiger partial charge on any atom is -0.478 e. The van der Waals surface area contributed by atoms with Gasteiger partial charge in [0.05, 0.1) is 6.61 Å². The number of ether oxygens (including phenoxy) is 2. The molecule has 0 bridgehead atoms. The predicted octanol–water partition coefficient (Wildman–Crippen LogP) is 0.387. The maximum absolute atomic E-state index is 9.25. The average molecular weight is 173 g/mol. The van der Waals surface area contributed by atoms with Gasteiger partial charge in [0, 0.05) is 13.2 Å². The average Bonchev–Trinajstić information content (AvgIpc) is 2.07. The fraction of sp³-hybridized carbons (Fsp3) is 0.429. The highest BCUT2D eigenvalue weighted by atomic mass is 16.5. The Labute approximate surface area is 70.8 Å². The molecule has 0 heterocycles. The van der Waals surface area contributed by atoms with Crippen molar-refractivity contribution in [1.29, 1.82) is 5.26 Å². The van der Waals surface area contributed by atoms with Crippen molar-refractivity contribution in [2.75, 3.05) is 20.3 Å². The Kier molecular flexibility index (Phi) is 13.3. The van der Waals surface area contributed by atoms with Crippen LogP contribution in [0.5, 0.6) is 0 Å². The van der Waals surface area contributed by atoms with Crippen molar-refractivity contribution < 1.29 is 19.4 Å². The molecule has 0 aliphatic rings. The summed E-state index contributed by atoms with van der Waals surface area (Å²) in [5.41, 5.74) is 0. The van der Waals surface area contributed by atoms with E-state index in [0.717, 1.165) is 6.08 Å².